The van der Waals surface area contributed by atoms with E-state index in [-0.39, 0.29) is 0 Å². The van der Waals surface area contributed by atoms with Gasteiger partial charge in [-0.3, -0.25) is 0 Å². The van der Waals surface area contributed by atoms with Crippen molar-refractivity contribution in [3.63, 3.8) is 0 Å². The van der Waals surface area contributed by atoms with Gasteiger partial charge >= 0.3 is 0 Å². The summed E-state index contributed by atoms with van der Waals surface area (Å²) in [5.74, 6) is 3.21. The largest absolute Gasteiger partial charge is 0.377 e. The van der Waals surface area contributed by atoms with Crippen LogP contribution in [0.3, 0.4) is 0 Å². The molecule has 3 unspecified atom stereocenters. The van der Waals surface area contributed by atoms with Crippen LogP contribution in [0.2, 0.25) is 0 Å². The molecule has 3 heteroatoms. The Hall–Kier alpha value is 0.400. The molecular weight excluding hydrogens is 290 g/mol. The highest BCUT2D eigenvalue weighted by Crippen LogP contribution is 2.48. The highest BCUT2D eigenvalue weighted by Gasteiger charge is 2.40. The van der Waals surface area contributed by atoms with Gasteiger partial charge in [-0.05, 0) is 49.9 Å². The predicted octanol–water partition coefficient (Wildman–Crippen LogP) is 3.30. The maximum absolute atomic E-state index is 5.83. The summed E-state index contributed by atoms with van der Waals surface area (Å²) in [6.45, 7) is 4.78. The monoisotopic (exact) mass is 315 g/mol. The minimum atomic E-state index is 0.527. The Kier molecular flexibility index (Phi) is 4.64. The molecule has 1 aliphatic heterocycles. The molecule has 0 radical (unpaired) electrons. The van der Waals surface area contributed by atoms with Crippen LogP contribution < -0.4 is 0 Å². The van der Waals surface area contributed by atoms with Crippen LogP contribution in [0.4, 0.5) is 0 Å². The molecule has 2 saturated carbocycles. The number of hydrogen-bond acceptors (Lipinski definition) is 2. The quantitative estimate of drug-likeness (QED) is 0.722. The van der Waals surface area contributed by atoms with E-state index in [2.05, 4.69) is 20.8 Å². The van der Waals surface area contributed by atoms with Crippen LogP contribution in [-0.2, 0) is 4.74 Å². The average molecular weight is 316 g/mol. The Morgan fingerprint density at radius 1 is 1.06 bits per heavy atom. The molecule has 3 atom stereocenters. The van der Waals surface area contributed by atoms with Crippen molar-refractivity contribution in [1.82, 2.24) is 4.90 Å². The maximum Gasteiger partial charge on any atom is 0.0599 e. The first-order chi connectivity index (χ1) is 8.85. The molecule has 0 aromatic heterocycles. The molecule has 2 aliphatic carbocycles. The van der Waals surface area contributed by atoms with E-state index in [0.29, 0.717) is 6.10 Å². The first-order valence-electron chi connectivity index (χ1n) is 7.75. The number of fused-ring (bicyclic) bond motifs is 2. The Labute approximate surface area is 120 Å². The number of nitrogens with zero attached hydrogens (tertiary/aromatic N) is 1. The number of alkyl halides is 1. The van der Waals surface area contributed by atoms with Crippen molar-refractivity contribution < 1.29 is 4.74 Å². The van der Waals surface area contributed by atoms with Crippen molar-refractivity contribution in [3.05, 3.63) is 0 Å². The van der Waals surface area contributed by atoms with Gasteiger partial charge in [0, 0.05) is 25.0 Å². The molecule has 1 heterocycles. The maximum atomic E-state index is 5.83. The topological polar surface area (TPSA) is 12.5 Å². The summed E-state index contributed by atoms with van der Waals surface area (Å²) >= 11 is 3.43. The molecule has 2 nitrogen and oxygen atoms in total. The third-order valence-electron chi connectivity index (χ3n) is 5.34. The normalized spacial score (nSPS) is 37.5. The smallest absolute Gasteiger partial charge is 0.0599 e. The van der Waals surface area contributed by atoms with Gasteiger partial charge in [0.25, 0.3) is 0 Å². The number of ether oxygens (including phenoxy) is 1. The molecule has 104 valence electrons. The molecule has 1 saturated heterocycles. The standard InChI is InChI=1S/C15H26BrNO/c16-5-8-18-15-3-6-17(7-4-15)11-14-10-12-1-2-13(14)9-12/h12-15H,1-11H2. The number of hydrogen-bond donors (Lipinski definition) is 0. The van der Waals surface area contributed by atoms with E-state index in [4.69, 9.17) is 4.74 Å². The van der Waals surface area contributed by atoms with Crippen molar-refractivity contribution in [1.29, 1.82) is 0 Å². The van der Waals surface area contributed by atoms with Gasteiger partial charge in [0.2, 0.25) is 0 Å². The fourth-order valence-electron chi connectivity index (χ4n) is 4.40. The SMILES string of the molecule is BrCCOC1CCN(CC2CC3CCC2C3)CC1. The molecule has 0 spiro atoms. The van der Waals surface area contributed by atoms with E-state index in [1.54, 1.807) is 6.42 Å². The van der Waals surface area contributed by atoms with Crippen molar-refractivity contribution >= 4 is 15.9 Å². The molecule has 3 rings (SSSR count). The zero-order chi connectivity index (χ0) is 12.4. The second-order valence-corrected chi connectivity index (χ2v) is 7.29. The summed E-state index contributed by atoms with van der Waals surface area (Å²) in [5.41, 5.74) is 0. The summed E-state index contributed by atoms with van der Waals surface area (Å²) in [5, 5.41) is 0.971. The summed E-state index contributed by atoms with van der Waals surface area (Å²) in [6.07, 6.45) is 9.16. The molecule has 18 heavy (non-hydrogen) atoms. The van der Waals surface area contributed by atoms with Crippen molar-refractivity contribution in [2.75, 3.05) is 31.6 Å². The van der Waals surface area contributed by atoms with Gasteiger partial charge in [-0.25, -0.2) is 0 Å². The van der Waals surface area contributed by atoms with Crippen LogP contribution in [-0.4, -0.2) is 42.6 Å². The zero-order valence-corrected chi connectivity index (χ0v) is 12.9. The molecule has 0 aromatic carbocycles. The van der Waals surface area contributed by atoms with Crippen LogP contribution in [0.25, 0.3) is 0 Å². The van der Waals surface area contributed by atoms with Crippen LogP contribution in [0.1, 0.15) is 38.5 Å². The van der Waals surface area contributed by atoms with Gasteiger partial charge in [-0.2, -0.15) is 0 Å². The van der Waals surface area contributed by atoms with Gasteiger partial charge in [-0.15, -0.1) is 0 Å². The Bertz CT molecular complexity index is 265. The van der Waals surface area contributed by atoms with Crippen molar-refractivity contribution in [2.24, 2.45) is 17.8 Å². The minimum absolute atomic E-state index is 0.527. The van der Waals surface area contributed by atoms with E-state index < -0.39 is 0 Å². The van der Waals surface area contributed by atoms with E-state index in [9.17, 15) is 0 Å². The van der Waals surface area contributed by atoms with Gasteiger partial charge in [0.1, 0.15) is 0 Å². The number of piperidine rings is 1. The Balaban J connectivity index is 1.38. The van der Waals surface area contributed by atoms with Crippen LogP contribution in [0.15, 0.2) is 0 Å². The molecule has 0 aromatic rings. The van der Waals surface area contributed by atoms with E-state index >= 15 is 0 Å². The fourth-order valence-corrected chi connectivity index (χ4v) is 4.59. The van der Waals surface area contributed by atoms with Gasteiger partial charge in [-0.1, -0.05) is 22.4 Å². The minimum Gasteiger partial charge on any atom is -0.377 e. The lowest BCUT2D eigenvalue weighted by Gasteiger charge is -2.35. The van der Waals surface area contributed by atoms with Crippen LogP contribution >= 0.6 is 15.9 Å². The highest BCUT2D eigenvalue weighted by atomic mass is 79.9. The number of rotatable bonds is 5. The lowest BCUT2D eigenvalue weighted by molar-refractivity contribution is 0.0106. The second-order valence-electron chi connectivity index (χ2n) is 6.49. The lowest BCUT2D eigenvalue weighted by atomic mass is 9.88. The predicted molar refractivity (Wildman–Crippen MR) is 78.1 cm³/mol. The Morgan fingerprint density at radius 2 is 1.89 bits per heavy atom. The third-order valence-corrected chi connectivity index (χ3v) is 5.67. The Morgan fingerprint density at radius 3 is 2.50 bits per heavy atom. The fraction of sp³-hybridized carbons (Fsp3) is 1.00. The first kappa shape index (κ1) is 13.4. The molecule has 3 aliphatic rings. The number of halogens is 1. The molecule has 2 bridgehead atoms. The van der Waals surface area contributed by atoms with E-state index in [0.717, 1.165) is 29.7 Å². The summed E-state index contributed by atoms with van der Waals surface area (Å²) in [4.78, 5) is 2.71. The highest BCUT2D eigenvalue weighted by molar-refractivity contribution is 9.09. The zero-order valence-electron chi connectivity index (χ0n) is 11.3. The first-order valence-corrected chi connectivity index (χ1v) is 8.87. The summed E-state index contributed by atoms with van der Waals surface area (Å²) < 4.78 is 5.83. The van der Waals surface area contributed by atoms with Crippen molar-refractivity contribution in [3.8, 4) is 0 Å². The van der Waals surface area contributed by atoms with Crippen molar-refractivity contribution in [2.45, 2.75) is 44.6 Å². The summed E-state index contributed by atoms with van der Waals surface area (Å²) in [6, 6.07) is 0. The van der Waals surface area contributed by atoms with E-state index in [1.807, 2.05) is 0 Å². The molecule has 0 N–H and O–H groups in total. The molecule has 0 amide bonds. The number of likely N-dealkylation sites (tertiary alicyclic amines) is 1. The van der Waals surface area contributed by atoms with Gasteiger partial charge in [0.15, 0.2) is 0 Å². The molecular formula is C15H26BrNO. The van der Waals surface area contributed by atoms with E-state index in [1.165, 1.54) is 51.7 Å². The lowest BCUT2D eigenvalue weighted by Crippen LogP contribution is -2.40. The second kappa shape index (κ2) is 6.23. The third kappa shape index (κ3) is 3.10. The average Bonchev–Trinajstić information content (AvgIpc) is 3.00. The van der Waals surface area contributed by atoms with Gasteiger partial charge < -0.3 is 9.64 Å². The van der Waals surface area contributed by atoms with Crippen LogP contribution in [0, 0.1) is 17.8 Å². The molecule has 3 fully saturated rings. The summed E-state index contributed by atoms with van der Waals surface area (Å²) in [7, 11) is 0. The van der Waals surface area contributed by atoms with Gasteiger partial charge in [0.05, 0.1) is 12.7 Å². The van der Waals surface area contributed by atoms with Crippen LogP contribution in [0.5, 0.6) is 0 Å².